The van der Waals surface area contributed by atoms with Crippen LogP contribution in [0.1, 0.15) is 30.9 Å². The van der Waals surface area contributed by atoms with Crippen LogP contribution in [0, 0.1) is 16.7 Å². The molecule has 8 nitrogen and oxygen atoms in total. The van der Waals surface area contributed by atoms with Crippen LogP contribution in [0.4, 0.5) is 10.7 Å². The molecule has 2 aliphatic heterocycles. The number of hydrogen-bond acceptors (Lipinski definition) is 7. The Hall–Kier alpha value is -2.89. The summed E-state index contributed by atoms with van der Waals surface area (Å²) in [5.74, 6) is 0.586. The molecular formula is C24H27ClN6O2. The largest absolute Gasteiger partial charge is 0.446 e. The second-order valence-corrected chi connectivity index (χ2v) is 9.99. The second kappa shape index (κ2) is 8.81. The van der Waals surface area contributed by atoms with Crippen molar-refractivity contribution in [2.75, 3.05) is 37.6 Å². The molecule has 0 bridgehead atoms. The quantitative estimate of drug-likeness (QED) is 0.683. The summed E-state index contributed by atoms with van der Waals surface area (Å²) in [7, 11) is 0. The smallest absolute Gasteiger partial charge is 0.410 e. The first-order valence-corrected chi connectivity index (χ1v) is 11.7. The number of carbonyl (C=O) groups is 1. The van der Waals surface area contributed by atoms with E-state index in [9.17, 15) is 4.79 Å². The first-order chi connectivity index (χ1) is 15.9. The summed E-state index contributed by atoms with van der Waals surface area (Å²) in [5, 5.41) is 9.66. The summed E-state index contributed by atoms with van der Waals surface area (Å²) in [6.07, 6.45) is 4.74. The topological polar surface area (TPSA) is 85.6 Å². The highest BCUT2D eigenvalue weighted by Crippen LogP contribution is 2.50. The van der Waals surface area contributed by atoms with Gasteiger partial charge in [-0.05, 0) is 37.5 Å². The van der Waals surface area contributed by atoms with Crippen molar-refractivity contribution in [1.82, 2.24) is 19.8 Å². The summed E-state index contributed by atoms with van der Waals surface area (Å²) >= 11 is 5.96. The molecule has 1 spiro atoms. The van der Waals surface area contributed by atoms with E-state index < -0.39 is 0 Å². The standard InChI is InChI=1S/C24H27ClN6O2/c1-17-13-30(22-27-11-19(10-26)12-28-22)6-7-31(17)23(32)33-21-8-24(9-21)15-29(16-24)14-18-2-4-20(25)5-3-18/h2-5,11-12,17,21H,6-9,13-16H2,1H3/t17-/m1/s1. The van der Waals surface area contributed by atoms with Crippen LogP contribution in [0.2, 0.25) is 5.02 Å². The number of carbonyl (C=O) groups excluding carboxylic acids is 1. The van der Waals surface area contributed by atoms with Gasteiger partial charge in [-0.1, -0.05) is 23.7 Å². The predicted molar refractivity (Wildman–Crippen MR) is 124 cm³/mol. The molecule has 1 amide bonds. The van der Waals surface area contributed by atoms with E-state index in [2.05, 4.69) is 27.0 Å². The number of likely N-dealkylation sites (tertiary alicyclic amines) is 1. The highest BCUT2D eigenvalue weighted by Gasteiger charge is 2.53. The molecule has 2 saturated heterocycles. The molecule has 172 valence electrons. The molecule has 2 aromatic rings. The third-order valence-electron chi connectivity index (χ3n) is 6.94. The molecule has 0 N–H and O–H groups in total. The molecule has 0 unspecified atom stereocenters. The molecule has 33 heavy (non-hydrogen) atoms. The van der Waals surface area contributed by atoms with Crippen molar-refractivity contribution < 1.29 is 9.53 Å². The van der Waals surface area contributed by atoms with Crippen molar-refractivity contribution in [3.63, 3.8) is 0 Å². The summed E-state index contributed by atoms with van der Waals surface area (Å²) in [6, 6.07) is 10.0. The summed E-state index contributed by atoms with van der Waals surface area (Å²) in [4.78, 5) is 27.6. The van der Waals surface area contributed by atoms with Gasteiger partial charge in [0.2, 0.25) is 5.95 Å². The molecule has 1 aromatic carbocycles. The lowest BCUT2D eigenvalue weighted by molar-refractivity contribution is -0.136. The van der Waals surface area contributed by atoms with Crippen molar-refractivity contribution in [2.24, 2.45) is 5.41 Å². The number of benzene rings is 1. The molecule has 0 radical (unpaired) electrons. The Morgan fingerprint density at radius 1 is 1.21 bits per heavy atom. The van der Waals surface area contributed by atoms with E-state index >= 15 is 0 Å². The highest BCUT2D eigenvalue weighted by molar-refractivity contribution is 6.30. The van der Waals surface area contributed by atoms with Crippen LogP contribution in [0.25, 0.3) is 0 Å². The summed E-state index contributed by atoms with van der Waals surface area (Å²) < 4.78 is 5.83. The van der Waals surface area contributed by atoms with E-state index in [1.54, 1.807) is 4.90 Å². The number of ether oxygens (including phenoxy) is 1. The zero-order valence-corrected chi connectivity index (χ0v) is 19.4. The molecule has 3 heterocycles. The van der Waals surface area contributed by atoms with E-state index in [1.807, 2.05) is 30.0 Å². The maximum atomic E-state index is 12.8. The van der Waals surface area contributed by atoms with E-state index in [0.717, 1.165) is 37.5 Å². The average Bonchev–Trinajstić information content (AvgIpc) is 2.77. The maximum absolute atomic E-state index is 12.8. The number of nitrogens with zero attached hydrogens (tertiary/aromatic N) is 6. The lowest BCUT2D eigenvalue weighted by atomic mass is 9.61. The fourth-order valence-electron chi connectivity index (χ4n) is 5.27. The fourth-order valence-corrected chi connectivity index (χ4v) is 5.40. The Balaban J connectivity index is 1.05. The fraction of sp³-hybridized carbons (Fsp3) is 0.500. The predicted octanol–water partition coefficient (Wildman–Crippen LogP) is 3.31. The number of nitriles is 1. The van der Waals surface area contributed by atoms with Crippen molar-refractivity contribution in [3.05, 3.63) is 52.8 Å². The van der Waals surface area contributed by atoms with Crippen LogP contribution in [-0.2, 0) is 11.3 Å². The van der Waals surface area contributed by atoms with Gasteiger partial charge < -0.3 is 14.5 Å². The Kier molecular flexibility index (Phi) is 5.85. The van der Waals surface area contributed by atoms with Crippen LogP contribution < -0.4 is 4.90 Å². The van der Waals surface area contributed by atoms with Gasteiger partial charge in [0.15, 0.2) is 0 Å². The van der Waals surface area contributed by atoms with E-state index in [1.165, 1.54) is 18.0 Å². The number of halogens is 1. The molecule has 1 saturated carbocycles. The SMILES string of the molecule is C[C@@H]1CN(c2ncc(C#N)cn2)CCN1C(=O)OC1CC2(C1)CN(Cc1ccc(Cl)cc1)C2. The van der Waals surface area contributed by atoms with Crippen LogP contribution in [0.3, 0.4) is 0 Å². The number of aromatic nitrogens is 2. The van der Waals surface area contributed by atoms with Gasteiger partial charge in [0, 0.05) is 55.7 Å². The minimum atomic E-state index is -0.222. The first-order valence-electron chi connectivity index (χ1n) is 11.3. The molecule has 5 rings (SSSR count). The van der Waals surface area contributed by atoms with E-state index in [4.69, 9.17) is 21.6 Å². The number of rotatable bonds is 4. The zero-order valence-electron chi connectivity index (χ0n) is 18.7. The average molecular weight is 467 g/mol. The minimum absolute atomic E-state index is 0.00176. The van der Waals surface area contributed by atoms with Gasteiger partial charge >= 0.3 is 6.09 Å². The van der Waals surface area contributed by atoms with E-state index in [0.29, 0.717) is 36.6 Å². The normalized spacial score (nSPS) is 22.4. The molecule has 9 heteroatoms. The molecule has 1 atom stereocenters. The number of amides is 1. The van der Waals surface area contributed by atoms with Gasteiger partial charge in [-0.2, -0.15) is 5.26 Å². The highest BCUT2D eigenvalue weighted by atomic mass is 35.5. The van der Waals surface area contributed by atoms with Gasteiger partial charge in [-0.25, -0.2) is 14.8 Å². The zero-order chi connectivity index (χ0) is 23.0. The first kappa shape index (κ1) is 21.9. The third kappa shape index (κ3) is 4.61. The number of anilines is 1. The van der Waals surface area contributed by atoms with Crippen molar-refractivity contribution in [1.29, 1.82) is 5.26 Å². The number of hydrogen-bond donors (Lipinski definition) is 0. The molecular weight excluding hydrogens is 440 g/mol. The third-order valence-corrected chi connectivity index (χ3v) is 7.19. The van der Waals surface area contributed by atoms with Crippen LogP contribution in [0.5, 0.6) is 0 Å². The van der Waals surface area contributed by atoms with Crippen LogP contribution in [-0.4, -0.2) is 70.7 Å². The summed E-state index contributed by atoms with van der Waals surface area (Å²) in [6.45, 7) is 6.91. The molecule has 3 fully saturated rings. The van der Waals surface area contributed by atoms with Gasteiger partial charge in [0.1, 0.15) is 12.2 Å². The Labute approximate surface area is 198 Å². The minimum Gasteiger partial charge on any atom is -0.446 e. The van der Waals surface area contributed by atoms with E-state index in [-0.39, 0.29) is 18.2 Å². The summed E-state index contributed by atoms with van der Waals surface area (Å²) in [5.41, 5.74) is 2.03. The number of piperazine rings is 1. The van der Waals surface area contributed by atoms with Crippen molar-refractivity contribution in [2.45, 2.75) is 38.5 Å². The lowest BCUT2D eigenvalue weighted by Crippen LogP contribution is -2.64. The molecule has 1 aromatic heterocycles. The van der Waals surface area contributed by atoms with Crippen LogP contribution in [0.15, 0.2) is 36.7 Å². The van der Waals surface area contributed by atoms with Gasteiger partial charge in [0.25, 0.3) is 0 Å². The van der Waals surface area contributed by atoms with Gasteiger partial charge in [0.05, 0.1) is 18.0 Å². The van der Waals surface area contributed by atoms with Crippen LogP contribution >= 0.6 is 11.6 Å². The molecule has 3 aliphatic rings. The monoisotopic (exact) mass is 466 g/mol. The lowest BCUT2D eigenvalue weighted by Gasteiger charge is -2.58. The van der Waals surface area contributed by atoms with Crippen molar-refractivity contribution >= 4 is 23.6 Å². The Bertz CT molecular complexity index is 1040. The Morgan fingerprint density at radius 3 is 2.55 bits per heavy atom. The van der Waals surface area contributed by atoms with Gasteiger partial charge in [-0.15, -0.1) is 0 Å². The second-order valence-electron chi connectivity index (χ2n) is 9.56. The Morgan fingerprint density at radius 2 is 1.91 bits per heavy atom. The molecule has 1 aliphatic carbocycles. The van der Waals surface area contributed by atoms with Gasteiger partial charge in [-0.3, -0.25) is 4.90 Å². The maximum Gasteiger partial charge on any atom is 0.410 e. The van der Waals surface area contributed by atoms with Crippen molar-refractivity contribution in [3.8, 4) is 6.07 Å².